The summed E-state index contributed by atoms with van der Waals surface area (Å²) in [5.41, 5.74) is 3.38. The molecule has 0 saturated carbocycles. The van der Waals surface area contributed by atoms with Crippen molar-refractivity contribution in [1.29, 1.82) is 0 Å². The summed E-state index contributed by atoms with van der Waals surface area (Å²) in [6.45, 7) is 5.57. The molecule has 0 spiro atoms. The standard InChI is InChI=1S/C22H24N4O3/c1-15(2)29-14-21(27)25-20-12-17(9-8-16(20)3)22(28)24-18-6-4-7-19(13-18)26-11-5-10-23-26/h4-13,15H,14H2,1-3H3,(H,24,28)(H,25,27). The van der Waals surface area contributed by atoms with Crippen molar-refractivity contribution in [1.82, 2.24) is 9.78 Å². The van der Waals surface area contributed by atoms with E-state index in [0.717, 1.165) is 11.3 Å². The topological polar surface area (TPSA) is 85.3 Å². The van der Waals surface area contributed by atoms with E-state index in [1.807, 2.05) is 57.3 Å². The first-order valence-electron chi connectivity index (χ1n) is 9.36. The van der Waals surface area contributed by atoms with Crippen molar-refractivity contribution in [3.63, 3.8) is 0 Å². The number of nitrogens with zero attached hydrogens (tertiary/aromatic N) is 2. The summed E-state index contributed by atoms with van der Waals surface area (Å²) in [4.78, 5) is 24.8. The highest BCUT2D eigenvalue weighted by Crippen LogP contribution is 2.19. The van der Waals surface area contributed by atoms with Crippen LogP contribution in [0.1, 0.15) is 29.8 Å². The summed E-state index contributed by atoms with van der Waals surface area (Å²) < 4.78 is 7.03. The molecule has 2 N–H and O–H groups in total. The summed E-state index contributed by atoms with van der Waals surface area (Å²) >= 11 is 0. The second kappa shape index (κ2) is 9.16. The van der Waals surface area contributed by atoms with E-state index in [-0.39, 0.29) is 24.5 Å². The largest absolute Gasteiger partial charge is 0.369 e. The van der Waals surface area contributed by atoms with Crippen LogP contribution in [-0.4, -0.2) is 34.3 Å². The minimum Gasteiger partial charge on any atom is -0.369 e. The molecule has 29 heavy (non-hydrogen) atoms. The zero-order valence-corrected chi connectivity index (χ0v) is 16.7. The van der Waals surface area contributed by atoms with Gasteiger partial charge in [0.2, 0.25) is 5.91 Å². The Morgan fingerprint density at radius 3 is 2.66 bits per heavy atom. The van der Waals surface area contributed by atoms with Crippen LogP contribution in [0.15, 0.2) is 60.9 Å². The normalized spacial score (nSPS) is 10.8. The highest BCUT2D eigenvalue weighted by Gasteiger charge is 2.12. The monoisotopic (exact) mass is 392 g/mol. The molecule has 0 aliphatic carbocycles. The van der Waals surface area contributed by atoms with Crippen LogP contribution in [-0.2, 0) is 9.53 Å². The van der Waals surface area contributed by atoms with E-state index in [2.05, 4.69) is 15.7 Å². The van der Waals surface area contributed by atoms with E-state index < -0.39 is 0 Å². The maximum absolute atomic E-state index is 12.7. The summed E-state index contributed by atoms with van der Waals surface area (Å²) in [5, 5.41) is 9.87. The van der Waals surface area contributed by atoms with E-state index >= 15 is 0 Å². The van der Waals surface area contributed by atoms with E-state index in [1.165, 1.54) is 0 Å². The lowest BCUT2D eigenvalue weighted by Gasteiger charge is -2.12. The third-order valence-electron chi connectivity index (χ3n) is 4.19. The van der Waals surface area contributed by atoms with Crippen LogP contribution >= 0.6 is 0 Å². The summed E-state index contributed by atoms with van der Waals surface area (Å²) in [5.74, 6) is -0.525. The highest BCUT2D eigenvalue weighted by atomic mass is 16.5. The van der Waals surface area contributed by atoms with Crippen molar-refractivity contribution < 1.29 is 14.3 Å². The van der Waals surface area contributed by atoms with Crippen molar-refractivity contribution in [3.05, 3.63) is 72.1 Å². The van der Waals surface area contributed by atoms with Gasteiger partial charge < -0.3 is 15.4 Å². The molecular weight excluding hydrogens is 368 g/mol. The molecule has 3 rings (SSSR count). The first-order valence-corrected chi connectivity index (χ1v) is 9.36. The number of benzene rings is 2. The molecule has 3 aromatic rings. The van der Waals surface area contributed by atoms with Crippen molar-refractivity contribution in [2.45, 2.75) is 26.9 Å². The molecule has 7 heteroatoms. The number of nitrogens with one attached hydrogen (secondary N) is 2. The van der Waals surface area contributed by atoms with Gasteiger partial charge in [0, 0.05) is 29.3 Å². The molecule has 0 aliphatic rings. The first kappa shape index (κ1) is 20.3. The van der Waals surface area contributed by atoms with Gasteiger partial charge >= 0.3 is 0 Å². The number of amides is 2. The fourth-order valence-corrected chi connectivity index (χ4v) is 2.68. The number of carbonyl (C=O) groups excluding carboxylic acids is 2. The Bertz CT molecular complexity index is 997. The molecule has 7 nitrogen and oxygen atoms in total. The molecule has 2 aromatic carbocycles. The lowest BCUT2D eigenvalue weighted by Crippen LogP contribution is -2.21. The Hall–Kier alpha value is -3.45. The smallest absolute Gasteiger partial charge is 0.255 e. The minimum absolute atomic E-state index is 0.0311. The highest BCUT2D eigenvalue weighted by molar-refractivity contribution is 6.05. The first-order chi connectivity index (χ1) is 13.9. The lowest BCUT2D eigenvalue weighted by molar-refractivity contribution is -0.121. The van der Waals surface area contributed by atoms with E-state index in [9.17, 15) is 9.59 Å². The number of carbonyl (C=O) groups is 2. The van der Waals surface area contributed by atoms with Crippen LogP contribution in [0.3, 0.4) is 0 Å². The van der Waals surface area contributed by atoms with Gasteiger partial charge in [-0.2, -0.15) is 5.10 Å². The van der Waals surface area contributed by atoms with E-state index in [0.29, 0.717) is 16.9 Å². The zero-order valence-electron chi connectivity index (χ0n) is 16.7. The van der Waals surface area contributed by atoms with Gasteiger partial charge in [-0.25, -0.2) is 4.68 Å². The van der Waals surface area contributed by atoms with Gasteiger partial charge in [-0.05, 0) is 62.7 Å². The molecule has 0 bridgehead atoms. The molecular formula is C22H24N4O3. The summed E-state index contributed by atoms with van der Waals surface area (Å²) in [6, 6.07) is 14.4. The second-order valence-electron chi connectivity index (χ2n) is 6.89. The second-order valence-corrected chi connectivity index (χ2v) is 6.89. The molecule has 0 radical (unpaired) electrons. The summed E-state index contributed by atoms with van der Waals surface area (Å²) in [7, 11) is 0. The Morgan fingerprint density at radius 1 is 1.10 bits per heavy atom. The fraction of sp³-hybridized carbons (Fsp3) is 0.227. The molecule has 2 amide bonds. The average Bonchev–Trinajstić information content (AvgIpc) is 3.23. The predicted octanol–water partition coefficient (Wildman–Crippen LogP) is 3.80. The molecule has 0 fully saturated rings. The van der Waals surface area contributed by atoms with Gasteiger partial charge in [0.25, 0.3) is 5.91 Å². The average molecular weight is 392 g/mol. The van der Waals surface area contributed by atoms with Crippen molar-refractivity contribution >= 4 is 23.2 Å². The minimum atomic E-state index is -0.267. The maximum Gasteiger partial charge on any atom is 0.255 e. The molecule has 0 saturated heterocycles. The van der Waals surface area contributed by atoms with Gasteiger partial charge in [-0.1, -0.05) is 12.1 Å². The van der Waals surface area contributed by atoms with Crippen LogP contribution in [0.4, 0.5) is 11.4 Å². The van der Waals surface area contributed by atoms with E-state index in [1.54, 1.807) is 29.1 Å². The number of anilines is 2. The number of aryl methyl sites for hydroxylation is 1. The van der Waals surface area contributed by atoms with Crippen LogP contribution in [0, 0.1) is 6.92 Å². The third-order valence-corrected chi connectivity index (χ3v) is 4.19. The third kappa shape index (κ3) is 5.52. The van der Waals surface area contributed by atoms with Crippen LogP contribution in [0.25, 0.3) is 5.69 Å². The van der Waals surface area contributed by atoms with Crippen molar-refractivity contribution in [3.8, 4) is 5.69 Å². The Balaban J connectivity index is 1.71. The molecule has 1 aromatic heterocycles. The van der Waals surface area contributed by atoms with Crippen LogP contribution in [0.2, 0.25) is 0 Å². The Morgan fingerprint density at radius 2 is 1.93 bits per heavy atom. The van der Waals surface area contributed by atoms with Gasteiger partial charge in [0.05, 0.1) is 11.8 Å². The van der Waals surface area contributed by atoms with Gasteiger partial charge in [-0.3, -0.25) is 9.59 Å². The lowest BCUT2D eigenvalue weighted by atomic mass is 10.1. The zero-order chi connectivity index (χ0) is 20.8. The van der Waals surface area contributed by atoms with Gasteiger partial charge in [0.1, 0.15) is 6.61 Å². The number of hydrogen-bond acceptors (Lipinski definition) is 4. The molecule has 150 valence electrons. The predicted molar refractivity (Wildman–Crippen MR) is 112 cm³/mol. The van der Waals surface area contributed by atoms with Gasteiger partial charge in [-0.15, -0.1) is 0 Å². The Kier molecular flexibility index (Phi) is 6.41. The number of hydrogen-bond donors (Lipinski definition) is 2. The van der Waals surface area contributed by atoms with Gasteiger partial charge in [0.15, 0.2) is 0 Å². The molecule has 0 atom stereocenters. The van der Waals surface area contributed by atoms with Crippen molar-refractivity contribution in [2.75, 3.05) is 17.2 Å². The number of aromatic nitrogens is 2. The molecule has 0 aliphatic heterocycles. The molecule has 1 heterocycles. The Labute approximate surface area is 169 Å². The quantitative estimate of drug-likeness (QED) is 0.640. The van der Waals surface area contributed by atoms with Crippen molar-refractivity contribution in [2.24, 2.45) is 0 Å². The summed E-state index contributed by atoms with van der Waals surface area (Å²) in [6.07, 6.45) is 3.50. The SMILES string of the molecule is Cc1ccc(C(=O)Nc2cccc(-n3cccn3)c2)cc1NC(=O)COC(C)C. The van der Waals surface area contributed by atoms with Crippen LogP contribution in [0.5, 0.6) is 0 Å². The number of ether oxygens (including phenoxy) is 1. The van der Waals surface area contributed by atoms with E-state index in [4.69, 9.17) is 4.74 Å². The molecule has 0 unspecified atom stereocenters. The fourth-order valence-electron chi connectivity index (χ4n) is 2.68. The van der Waals surface area contributed by atoms with Crippen LogP contribution < -0.4 is 10.6 Å². The maximum atomic E-state index is 12.7. The number of rotatable bonds is 7.